The molecule has 3 rings (SSSR count). The van der Waals surface area contributed by atoms with E-state index in [0.29, 0.717) is 16.8 Å². The largest absolute Gasteiger partial charge is 0.507 e. The van der Waals surface area contributed by atoms with Gasteiger partial charge in [-0.2, -0.15) is 10.2 Å². The number of aromatic amines is 1. The second-order valence-corrected chi connectivity index (χ2v) is 6.29. The Hall–Kier alpha value is -3.53. The molecule has 2 aromatic carbocycles. The Morgan fingerprint density at radius 3 is 2.89 bits per heavy atom. The van der Waals surface area contributed by atoms with Gasteiger partial charge in [-0.1, -0.05) is 28.1 Å². The lowest BCUT2D eigenvalue weighted by molar-refractivity contribution is -0.384. The molecule has 0 unspecified atom stereocenters. The first-order valence-electron chi connectivity index (χ1n) is 7.56. The van der Waals surface area contributed by atoms with Crippen molar-refractivity contribution in [3.8, 4) is 17.0 Å². The summed E-state index contributed by atoms with van der Waals surface area (Å²) in [5, 5.41) is 30.9. The molecule has 0 radical (unpaired) electrons. The second kappa shape index (κ2) is 7.79. The van der Waals surface area contributed by atoms with E-state index in [2.05, 4.69) is 36.7 Å². The van der Waals surface area contributed by atoms with Crippen LogP contribution in [0.5, 0.6) is 5.75 Å². The lowest BCUT2D eigenvalue weighted by Gasteiger charge is -1.99. The molecule has 1 amide bonds. The zero-order valence-corrected chi connectivity index (χ0v) is 15.2. The van der Waals surface area contributed by atoms with Gasteiger partial charge in [0.1, 0.15) is 11.4 Å². The van der Waals surface area contributed by atoms with Gasteiger partial charge in [-0.15, -0.1) is 0 Å². The number of phenolic OH excluding ortho intramolecular Hbond substituents is 1. The zero-order valence-electron chi connectivity index (χ0n) is 13.6. The number of aromatic hydroxyl groups is 1. The molecule has 27 heavy (non-hydrogen) atoms. The molecule has 0 saturated carbocycles. The van der Waals surface area contributed by atoms with Gasteiger partial charge in [0.2, 0.25) is 0 Å². The average molecular weight is 430 g/mol. The van der Waals surface area contributed by atoms with Crippen LogP contribution < -0.4 is 5.43 Å². The molecule has 0 aliphatic heterocycles. The van der Waals surface area contributed by atoms with Crippen LogP contribution >= 0.6 is 15.9 Å². The summed E-state index contributed by atoms with van der Waals surface area (Å²) in [4.78, 5) is 22.5. The molecule has 0 aliphatic carbocycles. The molecule has 0 spiro atoms. The average Bonchev–Trinajstić information content (AvgIpc) is 3.15. The summed E-state index contributed by atoms with van der Waals surface area (Å²) in [5.74, 6) is -0.532. The first kappa shape index (κ1) is 18.3. The second-order valence-electron chi connectivity index (χ2n) is 5.38. The lowest BCUT2D eigenvalue weighted by Crippen LogP contribution is -2.18. The van der Waals surface area contributed by atoms with E-state index < -0.39 is 10.8 Å². The first-order valence-corrected chi connectivity index (χ1v) is 8.35. The topological polar surface area (TPSA) is 134 Å². The van der Waals surface area contributed by atoms with E-state index in [9.17, 15) is 20.0 Å². The van der Waals surface area contributed by atoms with Gasteiger partial charge in [-0.3, -0.25) is 20.0 Å². The number of halogens is 1. The first-order chi connectivity index (χ1) is 12.9. The van der Waals surface area contributed by atoms with Crippen molar-refractivity contribution in [1.29, 1.82) is 0 Å². The van der Waals surface area contributed by atoms with E-state index in [1.54, 1.807) is 18.2 Å². The molecule has 0 saturated heterocycles. The number of nitro groups is 1. The highest BCUT2D eigenvalue weighted by molar-refractivity contribution is 9.10. The number of nitrogens with one attached hydrogen (secondary N) is 2. The number of aromatic nitrogens is 2. The number of hydrogen-bond donors (Lipinski definition) is 3. The zero-order chi connectivity index (χ0) is 19.4. The monoisotopic (exact) mass is 429 g/mol. The fourth-order valence-corrected chi connectivity index (χ4v) is 2.59. The van der Waals surface area contributed by atoms with Crippen LogP contribution in [0.15, 0.2) is 58.1 Å². The number of nitro benzene ring substituents is 1. The fourth-order valence-electron chi connectivity index (χ4n) is 2.21. The van der Waals surface area contributed by atoms with Crippen molar-refractivity contribution < 1.29 is 14.8 Å². The van der Waals surface area contributed by atoms with Crippen LogP contribution in [-0.4, -0.2) is 32.3 Å². The van der Waals surface area contributed by atoms with Crippen molar-refractivity contribution in [1.82, 2.24) is 15.6 Å². The Morgan fingerprint density at radius 2 is 2.11 bits per heavy atom. The maximum absolute atomic E-state index is 12.1. The Kier molecular flexibility index (Phi) is 5.27. The smallest absolute Gasteiger partial charge is 0.289 e. The van der Waals surface area contributed by atoms with E-state index in [-0.39, 0.29) is 17.1 Å². The van der Waals surface area contributed by atoms with Gasteiger partial charge < -0.3 is 5.11 Å². The number of non-ortho nitro benzene ring substituents is 1. The molecule has 1 aromatic heterocycles. The van der Waals surface area contributed by atoms with Crippen molar-refractivity contribution in [2.75, 3.05) is 0 Å². The predicted octanol–water partition coefficient (Wildman–Crippen LogP) is 3.22. The quantitative estimate of drug-likeness (QED) is 0.325. The van der Waals surface area contributed by atoms with E-state index in [4.69, 9.17) is 0 Å². The molecule has 9 nitrogen and oxygen atoms in total. The molecular weight excluding hydrogens is 418 g/mol. The molecular formula is C17H12BrN5O4. The number of nitrogens with zero attached hydrogens (tertiary/aromatic N) is 3. The van der Waals surface area contributed by atoms with Gasteiger partial charge in [-0.25, -0.2) is 5.43 Å². The molecule has 136 valence electrons. The normalized spacial score (nSPS) is 10.9. The van der Waals surface area contributed by atoms with Crippen molar-refractivity contribution in [3.63, 3.8) is 0 Å². The van der Waals surface area contributed by atoms with E-state index in [1.165, 1.54) is 36.5 Å². The number of carbonyl (C=O) groups excluding carboxylic acids is 1. The van der Waals surface area contributed by atoms with Gasteiger partial charge in [0.15, 0.2) is 0 Å². The maximum atomic E-state index is 12.1. The Morgan fingerprint density at radius 1 is 1.30 bits per heavy atom. The number of rotatable bonds is 5. The van der Waals surface area contributed by atoms with Gasteiger partial charge in [0.05, 0.1) is 16.8 Å². The van der Waals surface area contributed by atoms with Crippen LogP contribution in [0.4, 0.5) is 5.69 Å². The summed E-state index contributed by atoms with van der Waals surface area (Å²) in [6, 6.07) is 12.2. The standard InChI is InChI=1S/C17H12BrN5O4/c18-12-4-5-16(24)11(6-12)9-19-22-17(25)15-8-14(20-21-15)10-2-1-3-13(7-10)23(26)27/h1-9,24H,(H,20,21)(H,22,25). The minimum Gasteiger partial charge on any atom is -0.507 e. The molecule has 10 heteroatoms. The highest BCUT2D eigenvalue weighted by atomic mass is 79.9. The maximum Gasteiger partial charge on any atom is 0.289 e. The number of amides is 1. The Bertz CT molecular complexity index is 1050. The summed E-state index contributed by atoms with van der Waals surface area (Å²) in [6.07, 6.45) is 1.30. The van der Waals surface area contributed by atoms with Crippen LogP contribution in [-0.2, 0) is 0 Å². The summed E-state index contributed by atoms with van der Waals surface area (Å²) in [5.41, 5.74) is 3.69. The third-order valence-corrected chi connectivity index (χ3v) is 4.03. The Labute approximate surface area is 161 Å². The van der Waals surface area contributed by atoms with Crippen LogP contribution in [0.3, 0.4) is 0 Å². The molecule has 0 bridgehead atoms. The Balaban J connectivity index is 1.72. The molecule has 3 aromatic rings. The minimum atomic E-state index is -0.551. The SMILES string of the molecule is O=C(NN=Cc1cc(Br)ccc1O)c1cc(-c2cccc([N+](=O)[O-])c2)n[nH]1. The fraction of sp³-hybridized carbons (Fsp3) is 0. The third-order valence-electron chi connectivity index (χ3n) is 3.53. The number of hydrazone groups is 1. The summed E-state index contributed by atoms with van der Waals surface area (Å²) < 4.78 is 0.753. The summed E-state index contributed by atoms with van der Waals surface area (Å²) in [7, 11) is 0. The van der Waals surface area contributed by atoms with Gasteiger partial charge >= 0.3 is 0 Å². The van der Waals surface area contributed by atoms with E-state index in [0.717, 1.165) is 4.47 Å². The molecule has 0 atom stereocenters. The summed E-state index contributed by atoms with van der Waals surface area (Å²) in [6.45, 7) is 0. The van der Waals surface area contributed by atoms with Crippen molar-refractivity contribution >= 4 is 33.7 Å². The van der Waals surface area contributed by atoms with Crippen LogP contribution in [0.2, 0.25) is 0 Å². The van der Waals surface area contributed by atoms with Crippen LogP contribution in [0.1, 0.15) is 16.1 Å². The number of carbonyl (C=O) groups is 1. The third kappa shape index (κ3) is 4.36. The molecule has 0 aliphatic rings. The van der Waals surface area contributed by atoms with Gasteiger partial charge in [-0.05, 0) is 24.3 Å². The highest BCUT2D eigenvalue weighted by Gasteiger charge is 2.13. The minimum absolute atomic E-state index is 0.0192. The number of phenols is 1. The number of benzene rings is 2. The van der Waals surface area contributed by atoms with E-state index >= 15 is 0 Å². The lowest BCUT2D eigenvalue weighted by atomic mass is 10.1. The van der Waals surface area contributed by atoms with Crippen LogP contribution in [0.25, 0.3) is 11.3 Å². The number of H-pyrrole nitrogens is 1. The highest BCUT2D eigenvalue weighted by Crippen LogP contribution is 2.23. The van der Waals surface area contributed by atoms with Crippen LogP contribution in [0, 0.1) is 10.1 Å². The van der Waals surface area contributed by atoms with Crippen molar-refractivity contribution in [3.05, 3.63) is 74.4 Å². The molecule has 3 N–H and O–H groups in total. The molecule has 1 heterocycles. The van der Waals surface area contributed by atoms with Gasteiger partial charge in [0, 0.05) is 27.7 Å². The number of hydrogen-bond acceptors (Lipinski definition) is 6. The molecule has 0 fully saturated rings. The van der Waals surface area contributed by atoms with E-state index in [1.807, 2.05) is 0 Å². The predicted molar refractivity (Wildman–Crippen MR) is 102 cm³/mol. The van der Waals surface area contributed by atoms with Crippen molar-refractivity contribution in [2.45, 2.75) is 0 Å². The van der Waals surface area contributed by atoms with Crippen molar-refractivity contribution in [2.24, 2.45) is 5.10 Å². The summed E-state index contributed by atoms with van der Waals surface area (Å²) >= 11 is 3.28. The van der Waals surface area contributed by atoms with Gasteiger partial charge in [0.25, 0.3) is 11.6 Å².